The van der Waals surface area contributed by atoms with Gasteiger partial charge < -0.3 is 5.11 Å². The van der Waals surface area contributed by atoms with Crippen LogP contribution in [0.4, 0.5) is 0 Å². The lowest BCUT2D eigenvalue weighted by Crippen LogP contribution is -2.27. The summed E-state index contributed by atoms with van der Waals surface area (Å²) in [5, 5.41) is 9.01. The van der Waals surface area contributed by atoms with Gasteiger partial charge >= 0.3 is 0 Å². The molecule has 3 nitrogen and oxygen atoms in total. The standard InChI is InChI=1S/C13H22N2O/c1-3-4-5-15(6-7-16)11-13-8-12(2)9-14-10-13/h8-10,16H,3-7,11H2,1-2H3. The van der Waals surface area contributed by atoms with Crippen molar-refractivity contribution in [3.05, 3.63) is 29.6 Å². The van der Waals surface area contributed by atoms with E-state index in [1.807, 2.05) is 12.4 Å². The number of unbranched alkanes of at least 4 members (excludes halogenated alkanes) is 1. The van der Waals surface area contributed by atoms with E-state index >= 15 is 0 Å². The van der Waals surface area contributed by atoms with Gasteiger partial charge in [-0.3, -0.25) is 9.88 Å². The number of nitrogens with zero attached hydrogens (tertiary/aromatic N) is 2. The quantitative estimate of drug-likeness (QED) is 0.766. The molecule has 1 aromatic rings. The molecular weight excluding hydrogens is 200 g/mol. The lowest BCUT2D eigenvalue weighted by atomic mass is 10.2. The second kappa shape index (κ2) is 7.36. The van der Waals surface area contributed by atoms with Gasteiger partial charge in [0.1, 0.15) is 0 Å². The number of aliphatic hydroxyl groups excluding tert-OH is 1. The monoisotopic (exact) mass is 222 g/mol. The summed E-state index contributed by atoms with van der Waals surface area (Å²) < 4.78 is 0. The highest BCUT2D eigenvalue weighted by Gasteiger charge is 2.05. The highest BCUT2D eigenvalue weighted by atomic mass is 16.3. The number of aromatic nitrogens is 1. The Morgan fingerprint density at radius 1 is 1.31 bits per heavy atom. The summed E-state index contributed by atoms with van der Waals surface area (Å²) in [6, 6.07) is 2.16. The number of rotatable bonds is 7. The number of pyridine rings is 1. The van der Waals surface area contributed by atoms with Crippen LogP contribution in [0, 0.1) is 6.92 Å². The predicted molar refractivity (Wildman–Crippen MR) is 66.2 cm³/mol. The molecule has 0 bridgehead atoms. The third kappa shape index (κ3) is 4.73. The van der Waals surface area contributed by atoms with Crippen molar-refractivity contribution in [3.8, 4) is 0 Å². The summed E-state index contributed by atoms with van der Waals surface area (Å²) >= 11 is 0. The van der Waals surface area contributed by atoms with Gasteiger partial charge in [0.05, 0.1) is 6.61 Å². The lowest BCUT2D eigenvalue weighted by molar-refractivity contribution is 0.188. The maximum atomic E-state index is 9.01. The molecule has 0 radical (unpaired) electrons. The molecule has 0 saturated heterocycles. The second-order valence-corrected chi connectivity index (χ2v) is 4.22. The minimum Gasteiger partial charge on any atom is -0.395 e. The fourth-order valence-corrected chi connectivity index (χ4v) is 1.76. The molecule has 90 valence electrons. The first kappa shape index (κ1) is 13.1. The third-order valence-corrected chi connectivity index (χ3v) is 2.58. The Bertz CT molecular complexity index is 302. The van der Waals surface area contributed by atoms with E-state index in [0.717, 1.165) is 19.6 Å². The Morgan fingerprint density at radius 2 is 2.12 bits per heavy atom. The van der Waals surface area contributed by atoms with E-state index in [2.05, 4.69) is 29.8 Å². The summed E-state index contributed by atoms with van der Waals surface area (Å²) in [5.41, 5.74) is 2.42. The highest BCUT2D eigenvalue weighted by molar-refractivity contribution is 5.16. The van der Waals surface area contributed by atoms with Crippen molar-refractivity contribution in [3.63, 3.8) is 0 Å². The molecule has 0 aliphatic rings. The maximum Gasteiger partial charge on any atom is 0.0558 e. The molecule has 0 atom stereocenters. The first-order chi connectivity index (χ1) is 7.76. The molecule has 0 spiro atoms. The molecule has 16 heavy (non-hydrogen) atoms. The van der Waals surface area contributed by atoms with Crippen molar-refractivity contribution in [2.24, 2.45) is 0 Å². The van der Waals surface area contributed by atoms with Crippen molar-refractivity contribution in [1.29, 1.82) is 0 Å². The van der Waals surface area contributed by atoms with Gasteiger partial charge in [-0.05, 0) is 31.0 Å². The molecule has 1 aromatic heterocycles. The number of hydrogen-bond donors (Lipinski definition) is 1. The predicted octanol–water partition coefficient (Wildman–Crippen LogP) is 1.98. The zero-order valence-corrected chi connectivity index (χ0v) is 10.3. The fourth-order valence-electron chi connectivity index (χ4n) is 1.76. The van der Waals surface area contributed by atoms with E-state index in [-0.39, 0.29) is 6.61 Å². The van der Waals surface area contributed by atoms with E-state index in [1.54, 1.807) is 0 Å². The van der Waals surface area contributed by atoms with Crippen molar-refractivity contribution in [1.82, 2.24) is 9.88 Å². The number of aryl methyl sites for hydroxylation is 1. The van der Waals surface area contributed by atoms with E-state index in [4.69, 9.17) is 5.11 Å². The zero-order chi connectivity index (χ0) is 11.8. The summed E-state index contributed by atoms with van der Waals surface area (Å²) in [6.45, 7) is 7.14. The molecule has 0 aromatic carbocycles. The molecule has 0 unspecified atom stereocenters. The third-order valence-electron chi connectivity index (χ3n) is 2.58. The molecule has 3 heteroatoms. The summed E-state index contributed by atoms with van der Waals surface area (Å²) in [6.07, 6.45) is 6.14. The van der Waals surface area contributed by atoms with Gasteiger partial charge in [-0.25, -0.2) is 0 Å². The van der Waals surface area contributed by atoms with E-state index in [9.17, 15) is 0 Å². The smallest absolute Gasteiger partial charge is 0.0558 e. The minimum atomic E-state index is 0.225. The summed E-state index contributed by atoms with van der Waals surface area (Å²) in [4.78, 5) is 6.47. The zero-order valence-electron chi connectivity index (χ0n) is 10.3. The van der Waals surface area contributed by atoms with Crippen LogP contribution in [0.25, 0.3) is 0 Å². The van der Waals surface area contributed by atoms with Gasteiger partial charge in [-0.1, -0.05) is 19.4 Å². The van der Waals surface area contributed by atoms with E-state index in [1.165, 1.54) is 24.0 Å². The van der Waals surface area contributed by atoms with Gasteiger partial charge in [0.15, 0.2) is 0 Å². The van der Waals surface area contributed by atoms with E-state index in [0.29, 0.717) is 0 Å². The van der Waals surface area contributed by atoms with E-state index < -0.39 is 0 Å². The molecule has 0 saturated carbocycles. The Kier molecular flexibility index (Phi) is 6.04. The maximum absolute atomic E-state index is 9.01. The summed E-state index contributed by atoms with van der Waals surface area (Å²) in [5.74, 6) is 0. The van der Waals surface area contributed by atoms with Crippen LogP contribution in [-0.4, -0.2) is 34.7 Å². The fraction of sp³-hybridized carbons (Fsp3) is 0.615. The summed E-state index contributed by atoms with van der Waals surface area (Å²) in [7, 11) is 0. The van der Waals surface area contributed by atoms with Crippen molar-refractivity contribution < 1.29 is 5.11 Å². The SMILES string of the molecule is CCCCN(CCO)Cc1cncc(C)c1. The lowest BCUT2D eigenvalue weighted by Gasteiger charge is -2.21. The molecule has 0 aliphatic carbocycles. The van der Waals surface area contributed by atoms with Crippen LogP contribution >= 0.6 is 0 Å². The molecule has 0 aliphatic heterocycles. The van der Waals surface area contributed by atoms with Crippen LogP contribution in [0.5, 0.6) is 0 Å². The minimum absolute atomic E-state index is 0.225. The Balaban J connectivity index is 2.52. The molecule has 1 N–H and O–H groups in total. The van der Waals surface area contributed by atoms with Crippen LogP contribution in [0.2, 0.25) is 0 Å². The Labute approximate surface area is 98.1 Å². The van der Waals surface area contributed by atoms with Gasteiger partial charge in [-0.2, -0.15) is 0 Å². The van der Waals surface area contributed by atoms with Crippen LogP contribution < -0.4 is 0 Å². The highest BCUT2D eigenvalue weighted by Crippen LogP contribution is 2.06. The average molecular weight is 222 g/mol. The van der Waals surface area contributed by atoms with Crippen LogP contribution in [0.1, 0.15) is 30.9 Å². The molecule has 0 fully saturated rings. The Hall–Kier alpha value is -0.930. The first-order valence-electron chi connectivity index (χ1n) is 6.00. The molecular formula is C13H22N2O. The molecule has 1 rings (SSSR count). The normalized spacial score (nSPS) is 11.0. The van der Waals surface area contributed by atoms with Crippen LogP contribution in [-0.2, 0) is 6.54 Å². The molecule has 0 amide bonds. The van der Waals surface area contributed by atoms with Crippen molar-refractivity contribution in [2.75, 3.05) is 19.7 Å². The first-order valence-corrected chi connectivity index (χ1v) is 6.00. The average Bonchev–Trinajstić information content (AvgIpc) is 2.26. The molecule has 1 heterocycles. The van der Waals surface area contributed by atoms with Gasteiger partial charge in [0.2, 0.25) is 0 Å². The second-order valence-electron chi connectivity index (χ2n) is 4.22. The largest absolute Gasteiger partial charge is 0.395 e. The van der Waals surface area contributed by atoms with Gasteiger partial charge in [0, 0.05) is 25.5 Å². The van der Waals surface area contributed by atoms with Gasteiger partial charge in [0.25, 0.3) is 0 Å². The Morgan fingerprint density at radius 3 is 2.75 bits per heavy atom. The van der Waals surface area contributed by atoms with Crippen molar-refractivity contribution >= 4 is 0 Å². The van der Waals surface area contributed by atoms with Gasteiger partial charge in [-0.15, -0.1) is 0 Å². The topological polar surface area (TPSA) is 36.4 Å². The van der Waals surface area contributed by atoms with Crippen molar-refractivity contribution in [2.45, 2.75) is 33.2 Å². The van der Waals surface area contributed by atoms with Crippen LogP contribution in [0.3, 0.4) is 0 Å². The number of hydrogen-bond acceptors (Lipinski definition) is 3. The van der Waals surface area contributed by atoms with Crippen LogP contribution in [0.15, 0.2) is 18.5 Å². The number of aliphatic hydroxyl groups is 1.